The normalized spacial score (nSPS) is 15.7. The molecule has 0 bridgehead atoms. The average molecular weight is 383 g/mol. The summed E-state index contributed by atoms with van der Waals surface area (Å²) >= 11 is 5.25. The minimum Gasteiger partial charge on any atom is -0.506 e. The Morgan fingerprint density at radius 1 is 1.22 bits per heavy atom. The van der Waals surface area contributed by atoms with E-state index in [2.05, 4.69) is 9.97 Å². The van der Waals surface area contributed by atoms with Crippen LogP contribution in [-0.4, -0.2) is 24.7 Å². The molecule has 0 saturated heterocycles. The predicted octanol–water partition coefficient (Wildman–Crippen LogP) is 2.94. The summed E-state index contributed by atoms with van der Waals surface area (Å²) < 4.78 is 7.17. The molecule has 3 N–H and O–H groups in total. The van der Waals surface area contributed by atoms with Crippen LogP contribution in [0.5, 0.6) is 11.6 Å². The number of fused-ring (bicyclic) bond motifs is 1. The molecule has 0 radical (unpaired) electrons. The van der Waals surface area contributed by atoms with Crippen molar-refractivity contribution in [1.29, 1.82) is 0 Å². The van der Waals surface area contributed by atoms with E-state index in [9.17, 15) is 15.0 Å². The summed E-state index contributed by atoms with van der Waals surface area (Å²) in [4.78, 5) is 19.3. The van der Waals surface area contributed by atoms with E-state index in [0.29, 0.717) is 22.5 Å². The molecule has 3 aromatic rings. The van der Waals surface area contributed by atoms with Crippen LogP contribution in [0.15, 0.2) is 35.3 Å². The molecule has 3 heterocycles. The topological polar surface area (TPSA) is 100 Å². The van der Waals surface area contributed by atoms with Crippen LogP contribution < -0.4 is 5.56 Å². The van der Waals surface area contributed by atoms with Crippen LogP contribution in [0.4, 0.5) is 0 Å². The highest BCUT2D eigenvalue weighted by Gasteiger charge is 2.34. The van der Waals surface area contributed by atoms with Gasteiger partial charge in [0.2, 0.25) is 5.88 Å². The summed E-state index contributed by atoms with van der Waals surface area (Å²) in [5, 5.41) is 21.4. The molecule has 0 saturated carbocycles. The van der Waals surface area contributed by atoms with Gasteiger partial charge >= 0.3 is 0 Å². The van der Waals surface area contributed by atoms with Crippen molar-refractivity contribution in [2.45, 2.75) is 26.6 Å². The Morgan fingerprint density at radius 3 is 2.63 bits per heavy atom. The molecule has 27 heavy (non-hydrogen) atoms. The van der Waals surface area contributed by atoms with Gasteiger partial charge < -0.3 is 14.9 Å². The molecule has 1 atom stereocenters. The van der Waals surface area contributed by atoms with Crippen LogP contribution in [0.25, 0.3) is 5.69 Å². The van der Waals surface area contributed by atoms with E-state index in [-0.39, 0.29) is 28.6 Å². The van der Waals surface area contributed by atoms with Crippen LogP contribution in [0.1, 0.15) is 34.1 Å². The molecule has 0 spiro atoms. The number of aromatic amines is 1. The number of ether oxygens (including phenoxy) is 1. The highest BCUT2D eigenvalue weighted by atomic mass is 32.1. The first kappa shape index (κ1) is 17.4. The first-order valence-electron chi connectivity index (χ1n) is 8.32. The minimum absolute atomic E-state index is 0.0103. The third kappa shape index (κ3) is 2.73. The number of nitrogens with zero attached hydrogens (tertiary/aromatic N) is 2. The third-order valence-electron chi connectivity index (χ3n) is 4.70. The van der Waals surface area contributed by atoms with Gasteiger partial charge in [-0.2, -0.15) is 0 Å². The number of pyridine rings is 1. The second kappa shape index (κ2) is 6.33. The van der Waals surface area contributed by atoms with Crippen molar-refractivity contribution in [2.75, 3.05) is 0 Å². The lowest BCUT2D eigenvalue weighted by Gasteiger charge is -2.18. The molecule has 8 heteroatoms. The Labute approximate surface area is 159 Å². The highest BCUT2D eigenvalue weighted by Crippen LogP contribution is 2.43. The average Bonchev–Trinajstić information content (AvgIpc) is 3.04. The zero-order valence-corrected chi connectivity index (χ0v) is 15.5. The number of nitrogens with one attached hydrogen (secondary N) is 1. The van der Waals surface area contributed by atoms with E-state index in [1.54, 1.807) is 25.3 Å². The van der Waals surface area contributed by atoms with Gasteiger partial charge in [-0.3, -0.25) is 19.3 Å². The lowest BCUT2D eigenvalue weighted by Crippen LogP contribution is -2.21. The number of rotatable bonds is 2. The smallest absolute Gasteiger partial charge is 0.261 e. The van der Waals surface area contributed by atoms with Gasteiger partial charge in [0.15, 0.2) is 4.77 Å². The SMILES string of the molecule is Cc1ccc(-n2c(O)c(C3OCc4cnc(C)c(O)c43)c(=O)[nH]c2=S)cc1. The molecule has 7 nitrogen and oxygen atoms in total. The maximum Gasteiger partial charge on any atom is 0.261 e. The van der Waals surface area contributed by atoms with E-state index >= 15 is 0 Å². The van der Waals surface area contributed by atoms with Gasteiger partial charge in [0.25, 0.3) is 5.56 Å². The predicted molar refractivity (Wildman–Crippen MR) is 101 cm³/mol. The molecule has 0 amide bonds. The lowest BCUT2D eigenvalue weighted by molar-refractivity contribution is 0.0892. The van der Waals surface area contributed by atoms with Gasteiger partial charge in [0.1, 0.15) is 17.4 Å². The molecule has 138 valence electrons. The number of benzene rings is 1. The summed E-state index contributed by atoms with van der Waals surface area (Å²) in [7, 11) is 0. The van der Waals surface area contributed by atoms with Crippen molar-refractivity contribution >= 4 is 12.2 Å². The Balaban J connectivity index is 1.96. The molecule has 1 aliphatic rings. The first-order valence-corrected chi connectivity index (χ1v) is 8.73. The monoisotopic (exact) mass is 383 g/mol. The Morgan fingerprint density at radius 2 is 1.93 bits per heavy atom. The van der Waals surface area contributed by atoms with E-state index in [4.69, 9.17) is 17.0 Å². The van der Waals surface area contributed by atoms with Crippen molar-refractivity contribution < 1.29 is 14.9 Å². The molecule has 4 rings (SSSR count). The Kier molecular flexibility index (Phi) is 4.09. The zero-order valence-electron chi connectivity index (χ0n) is 14.7. The number of hydrogen-bond donors (Lipinski definition) is 3. The fraction of sp³-hybridized carbons (Fsp3) is 0.211. The van der Waals surface area contributed by atoms with Gasteiger partial charge in [0, 0.05) is 17.3 Å². The third-order valence-corrected chi connectivity index (χ3v) is 4.99. The highest BCUT2D eigenvalue weighted by molar-refractivity contribution is 7.71. The molecule has 0 fully saturated rings. The van der Waals surface area contributed by atoms with E-state index in [0.717, 1.165) is 5.56 Å². The molecule has 0 aliphatic carbocycles. The van der Waals surface area contributed by atoms with Gasteiger partial charge in [0.05, 0.1) is 18.0 Å². The van der Waals surface area contributed by atoms with Crippen molar-refractivity contribution in [1.82, 2.24) is 14.5 Å². The quantitative estimate of drug-likeness (QED) is 0.589. The van der Waals surface area contributed by atoms with Gasteiger partial charge in [-0.25, -0.2) is 0 Å². The van der Waals surface area contributed by atoms with Crippen molar-refractivity contribution in [3.8, 4) is 17.3 Å². The number of aromatic nitrogens is 3. The number of H-pyrrole nitrogens is 1. The standard InChI is InChI=1S/C19H17N3O4S/c1-9-3-5-12(6-4-9)22-18(25)14(17(24)21-19(22)27)16-13-11(8-26-16)7-20-10(2)15(13)23/h3-7,16,23,25H,8H2,1-2H3,(H,21,24,27). The van der Waals surface area contributed by atoms with E-state index in [1.807, 2.05) is 19.1 Å². The zero-order chi connectivity index (χ0) is 19.3. The number of aryl methyl sites for hydroxylation is 2. The maximum atomic E-state index is 12.6. The lowest BCUT2D eigenvalue weighted by atomic mass is 10.00. The largest absolute Gasteiger partial charge is 0.506 e. The van der Waals surface area contributed by atoms with Crippen molar-refractivity contribution in [3.05, 3.63) is 73.5 Å². The minimum atomic E-state index is -0.919. The summed E-state index contributed by atoms with van der Waals surface area (Å²) in [5.74, 6) is -0.363. The number of hydrogen-bond acceptors (Lipinski definition) is 6. The van der Waals surface area contributed by atoms with Crippen LogP contribution >= 0.6 is 12.2 Å². The molecule has 2 aromatic heterocycles. The molecular weight excluding hydrogens is 366 g/mol. The second-order valence-corrected chi connectivity index (χ2v) is 6.88. The summed E-state index contributed by atoms with van der Waals surface area (Å²) in [6.07, 6.45) is 0.684. The molecule has 1 unspecified atom stereocenters. The first-order chi connectivity index (χ1) is 12.9. The van der Waals surface area contributed by atoms with E-state index in [1.165, 1.54) is 4.57 Å². The summed E-state index contributed by atoms with van der Waals surface area (Å²) in [6.45, 7) is 3.79. The van der Waals surface area contributed by atoms with Gasteiger partial charge in [-0.15, -0.1) is 0 Å². The fourth-order valence-corrected chi connectivity index (χ4v) is 3.54. The van der Waals surface area contributed by atoms with Crippen molar-refractivity contribution in [2.24, 2.45) is 0 Å². The molecular formula is C19H17N3O4S. The van der Waals surface area contributed by atoms with Crippen LogP contribution in [0.3, 0.4) is 0 Å². The Hall–Kier alpha value is -2.97. The van der Waals surface area contributed by atoms with Gasteiger partial charge in [-0.1, -0.05) is 17.7 Å². The molecule has 1 aliphatic heterocycles. The summed E-state index contributed by atoms with van der Waals surface area (Å²) in [6, 6.07) is 7.34. The van der Waals surface area contributed by atoms with E-state index < -0.39 is 11.7 Å². The fourth-order valence-electron chi connectivity index (χ4n) is 3.25. The van der Waals surface area contributed by atoms with Crippen LogP contribution in [0.2, 0.25) is 0 Å². The van der Waals surface area contributed by atoms with Crippen LogP contribution in [0, 0.1) is 18.6 Å². The maximum absolute atomic E-state index is 12.6. The second-order valence-electron chi connectivity index (χ2n) is 6.49. The number of aromatic hydroxyl groups is 2. The van der Waals surface area contributed by atoms with Crippen molar-refractivity contribution in [3.63, 3.8) is 0 Å². The van der Waals surface area contributed by atoms with Gasteiger partial charge in [-0.05, 0) is 38.2 Å². The molecule has 1 aromatic carbocycles. The Bertz CT molecular complexity index is 1170. The van der Waals surface area contributed by atoms with Crippen LogP contribution in [-0.2, 0) is 11.3 Å². The summed E-state index contributed by atoms with van der Waals surface area (Å²) in [5.41, 5.74) is 2.62.